The minimum Gasteiger partial charge on any atom is -1.00 e. The van der Waals surface area contributed by atoms with Crippen LogP contribution in [-0.2, 0) is 12.8 Å². The monoisotopic (exact) mass is 290 g/mol. The number of pyridine rings is 1. The van der Waals surface area contributed by atoms with Crippen LogP contribution in [-0.4, -0.2) is 0 Å². The average Bonchev–Trinajstić information content (AvgIpc) is 2.48. The summed E-state index contributed by atoms with van der Waals surface area (Å²) in [5.74, 6) is 0. The van der Waals surface area contributed by atoms with Crippen molar-refractivity contribution in [2.24, 2.45) is 0 Å². The highest BCUT2D eigenvalue weighted by Gasteiger charge is 2.14. The Labute approximate surface area is 128 Å². The third kappa shape index (κ3) is 3.73. The summed E-state index contributed by atoms with van der Waals surface area (Å²) in [6, 6.07) is 12.7. The van der Waals surface area contributed by atoms with Gasteiger partial charge in [0.15, 0.2) is 12.4 Å². The molecule has 0 fully saturated rings. The Bertz CT molecular complexity index is 504. The zero-order valence-electron chi connectivity index (χ0n) is 12.4. The van der Waals surface area contributed by atoms with Gasteiger partial charge in [0.2, 0.25) is 6.17 Å². The van der Waals surface area contributed by atoms with Crippen LogP contribution in [0.25, 0.3) is 0 Å². The second kappa shape index (κ2) is 7.91. The van der Waals surface area contributed by atoms with E-state index in [1.807, 2.05) is 6.07 Å². The van der Waals surface area contributed by atoms with E-state index in [0.717, 1.165) is 12.8 Å². The van der Waals surface area contributed by atoms with Crippen molar-refractivity contribution < 1.29 is 17.0 Å². The van der Waals surface area contributed by atoms with Gasteiger partial charge in [-0.05, 0) is 24.0 Å². The number of aromatic nitrogens is 1. The largest absolute Gasteiger partial charge is 1.00 e. The molecule has 3 heteroatoms. The highest BCUT2D eigenvalue weighted by molar-refractivity contribution is 5.57. The molecule has 0 saturated carbocycles. The average molecular weight is 291 g/mol. The Morgan fingerprint density at radius 1 is 0.950 bits per heavy atom. The number of benzene rings is 1. The van der Waals surface area contributed by atoms with Crippen molar-refractivity contribution >= 4 is 5.69 Å². The van der Waals surface area contributed by atoms with Gasteiger partial charge in [-0.15, -0.1) is 0 Å². The molecular formula is C17H23ClN2. The summed E-state index contributed by atoms with van der Waals surface area (Å²) in [6.07, 6.45) is 6.56. The lowest BCUT2D eigenvalue weighted by Crippen LogP contribution is -3.00. The molecule has 0 spiro atoms. The number of aryl methyl sites for hydroxylation is 2. The smallest absolute Gasteiger partial charge is 0.228 e. The molecule has 0 saturated heterocycles. The van der Waals surface area contributed by atoms with Gasteiger partial charge < -0.3 is 17.7 Å². The second-order valence-corrected chi connectivity index (χ2v) is 4.80. The Hall–Kier alpha value is -1.54. The molecule has 0 aliphatic heterocycles. The van der Waals surface area contributed by atoms with Crippen LogP contribution in [0.1, 0.15) is 38.1 Å². The molecule has 1 N–H and O–H groups in total. The minimum absolute atomic E-state index is 0. The summed E-state index contributed by atoms with van der Waals surface area (Å²) < 4.78 is 2.19. The van der Waals surface area contributed by atoms with Crippen LogP contribution in [0.15, 0.2) is 48.8 Å². The number of rotatable bonds is 5. The zero-order chi connectivity index (χ0) is 13.7. The number of hydrogen-bond acceptors (Lipinski definition) is 1. The Balaban J connectivity index is 0.00000200. The SMILES string of the molecule is CCc1cccc(CC)c1NC(C)[n+]1ccccc1.[Cl-]. The van der Waals surface area contributed by atoms with Gasteiger partial charge in [-0.25, -0.2) is 0 Å². The molecule has 1 heterocycles. The molecule has 2 aromatic rings. The normalized spacial score (nSPS) is 11.6. The van der Waals surface area contributed by atoms with Gasteiger partial charge >= 0.3 is 0 Å². The number of para-hydroxylation sites is 1. The standard InChI is InChI=1S/C17H23N2.ClH/c1-4-15-10-9-11-16(5-2)17(15)18-14(3)19-12-7-6-8-13-19;/h6-14,18H,4-5H2,1-3H3;1H/q+1;/p-1. The van der Waals surface area contributed by atoms with Gasteiger partial charge in [0.1, 0.15) is 0 Å². The molecule has 108 valence electrons. The topological polar surface area (TPSA) is 15.9 Å². The number of hydrogen-bond donors (Lipinski definition) is 1. The van der Waals surface area contributed by atoms with E-state index in [1.165, 1.54) is 16.8 Å². The minimum atomic E-state index is 0. The summed E-state index contributed by atoms with van der Waals surface area (Å²) in [4.78, 5) is 0. The van der Waals surface area contributed by atoms with Gasteiger partial charge in [-0.2, -0.15) is 4.57 Å². The Morgan fingerprint density at radius 3 is 2.00 bits per heavy atom. The first-order valence-corrected chi connectivity index (χ1v) is 7.09. The maximum absolute atomic E-state index is 3.66. The number of halogens is 1. The second-order valence-electron chi connectivity index (χ2n) is 4.80. The fourth-order valence-corrected chi connectivity index (χ4v) is 2.38. The van der Waals surface area contributed by atoms with E-state index < -0.39 is 0 Å². The molecule has 0 bridgehead atoms. The van der Waals surface area contributed by atoms with Gasteiger partial charge in [0, 0.05) is 24.7 Å². The maximum Gasteiger partial charge on any atom is 0.228 e. The van der Waals surface area contributed by atoms with Crippen molar-refractivity contribution in [3.8, 4) is 0 Å². The van der Waals surface area contributed by atoms with Crippen molar-refractivity contribution in [3.05, 3.63) is 59.9 Å². The molecular weight excluding hydrogens is 268 g/mol. The lowest BCUT2D eigenvalue weighted by molar-refractivity contribution is -0.713. The fourth-order valence-electron chi connectivity index (χ4n) is 2.38. The highest BCUT2D eigenvalue weighted by atomic mass is 35.5. The molecule has 2 rings (SSSR count). The molecule has 0 aliphatic carbocycles. The van der Waals surface area contributed by atoms with Crippen LogP contribution in [0.4, 0.5) is 5.69 Å². The van der Waals surface area contributed by atoms with Crippen LogP contribution in [0.2, 0.25) is 0 Å². The number of anilines is 1. The molecule has 2 nitrogen and oxygen atoms in total. The van der Waals surface area contributed by atoms with Gasteiger partial charge in [-0.1, -0.05) is 38.1 Å². The van der Waals surface area contributed by atoms with Crippen molar-refractivity contribution in [1.82, 2.24) is 0 Å². The van der Waals surface area contributed by atoms with Gasteiger partial charge in [-0.3, -0.25) is 0 Å². The molecule has 20 heavy (non-hydrogen) atoms. The van der Waals surface area contributed by atoms with Crippen LogP contribution in [0.5, 0.6) is 0 Å². The van der Waals surface area contributed by atoms with E-state index >= 15 is 0 Å². The van der Waals surface area contributed by atoms with E-state index in [1.54, 1.807) is 0 Å². The molecule has 0 amide bonds. The Morgan fingerprint density at radius 2 is 1.50 bits per heavy atom. The first-order valence-electron chi connectivity index (χ1n) is 7.09. The molecule has 1 atom stereocenters. The fraction of sp³-hybridized carbons (Fsp3) is 0.353. The van der Waals surface area contributed by atoms with Crippen molar-refractivity contribution in [3.63, 3.8) is 0 Å². The highest BCUT2D eigenvalue weighted by Crippen LogP contribution is 2.24. The zero-order valence-corrected chi connectivity index (χ0v) is 13.2. The van der Waals surface area contributed by atoms with E-state index in [4.69, 9.17) is 0 Å². The molecule has 0 radical (unpaired) electrons. The predicted molar refractivity (Wildman–Crippen MR) is 80.2 cm³/mol. The number of nitrogens with zero attached hydrogens (tertiary/aromatic N) is 1. The van der Waals surface area contributed by atoms with Gasteiger partial charge in [0.05, 0.1) is 0 Å². The van der Waals surface area contributed by atoms with Crippen molar-refractivity contribution in [2.75, 3.05) is 5.32 Å². The quantitative estimate of drug-likeness (QED) is 0.803. The summed E-state index contributed by atoms with van der Waals surface area (Å²) in [5, 5.41) is 3.66. The van der Waals surface area contributed by atoms with E-state index in [0.29, 0.717) is 0 Å². The van der Waals surface area contributed by atoms with Crippen LogP contribution in [0.3, 0.4) is 0 Å². The molecule has 0 aliphatic rings. The van der Waals surface area contributed by atoms with Crippen LogP contribution >= 0.6 is 0 Å². The summed E-state index contributed by atoms with van der Waals surface area (Å²) >= 11 is 0. The third-order valence-corrected chi connectivity index (χ3v) is 3.54. The predicted octanol–water partition coefficient (Wildman–Crippen LogP) is 0.734. The number of nitrogens with one attached hydrogen (secondary N) is 1. The van der Waals surface area contributed by atoms with Crippen LogP contribution in [0, 0.1) is 0 Å². The summed E-state index contributed by atoms with van der Waals surface area (Å²) in [7, 11) is 0. The lowest BCUT2D eigenvalue weighted by Gasteiger charge is -2.17. The summed E-state index contributed by atoms with van der Waals surface area (Å²) in [6.45, 7) is 6.60. The van der Waals surface area contributed by atoms with Crippen molar-refractivity contribution in [2.45, 2.75) is 39.8 Å². The van der Waals surface area contributed by atoms with E-state index in [2.05, 4.69) is 73.4 Å². The summed E-state index contributed by atoms with van der Waals surface area (Å²) in [5.41, 5.74) is 4.09. The van der Waals surface area contributed by atoms with Crippen LogP contribution < -0.4 is 22.3 Å². The molecule has 1 aromatic carbocycles. The van der Waals surface area contributed by atoms with E-state index in [-0.39, 0.29) is 18.6 Å². The van der Waals surface area contributed by atoms with Crippen molar-refractivity contribution in [1.29, 1.82) is 0 Å². The lowest BCUT2D eigenvalue weighted by atomic mass is 10.0. The van der Waals surface area contributed by atoms with E-state index in [9.17, 15) is 0 Å². The van der Waals surface area contributed by atoms with Gasteiger partial charge in [0.25, 0.3) is 0 Å². The third-order valence-electron chi connectivity index (χ3n) is 3.54. The first-order chi connectivity index (χ1) is 9.26. The molecule has 1 aromatic heterocycles. The molecule has 1 unspecified atom stereocenters. The Kier molecular flexibility index (Phi) is 6.53. The first kappa shape index (κ1) is 16.5. The maximum atomic E-state index is 3.66.